The van der Waals surface area contributed by atoms with Gasteiger partial charge in [-0.1, -0.05) is 37.2 Å². The van der Waals surface area contributed by atoms with Crippen LogP contribution in [0.5, 0.6) is 5.75 Å². The number of unbranched alkanes of at least 4 members (excludes halogenated alkanes) is 1. The van der Waals surface area contributed by atoms with Gasteiger partial charge in [-0.3, -0.25) is 9.59 Å². The van der Waals surface area contributed by atoms with Crippen LogP contribution in [-0.2, 0) is 16.1 Å². The van der Waals surface area contributed by atoms with Crippen molar-refractivity contribution >= 4 is 29.3 Å². The number of ether oxygens (including phenoxy) is 1. The number of nitrogens with zero attached hydrogens (tertiary/aromatic N) is 3. The van der Waals surface area contributed by atoms with E-state index in [-0.39, 0.29) is 18.2 Å². The summed E-state index contributed by atoms with van der Waals surface area (Å²) in [4.78, 5) is 30.8. The molecule has 0 saturated heterocycles. The fourth-order valence-electron chi connectivity index (χ4n) is 3.14. The van der Waals surface area contributed by atoms with Crippen LogP contribution in [0.15, 0.2) is 29.4 Å². The number of primary amides is 1. The molecule has 150 valence electrons. The zero-order valence-electron chi connectivity index (χ0n) is 16.5. The number of imidazole rings is 1. The number of nitrogens with two attached hydrogens (primary N) is 1. The highest BCUT2D eigenvalue weighted by molar-refractivity contribution is 7.99. The number of fused-ring (bicyclic) bond motifs is 1. The highest BCUT2D eigenvalue weighted by Gasteiger charge is 2.32. The van der Waals surface area contributed by atoms with Gasteiger partial charge in [0.2, 0.25) is 5.91 Å². The fourth-order valence-corrected chi connectivity index (χ4v) is 4.13. The summed E-state index contributed by atoms with van der Waals surface area (Å²) in [5.41, 5.74) is 8.19. The molecule has 28 heavy (non-hydrogen) atoms. The van der Waals surface area contributed by atoms with Gasteiger partial charge >= 0.3 is 0 Å². The molecule has 1 aromatic carbocycles. The quantitative estimate of drug-likeness (QED) is 0.719. The third-order valence-electron chi connectivity index (χ3n) is 4.87. The topological polar surface area (TPSA) is 90.5 Å². The Labute approximate surface area is 169 Å². The van der Waals surface area contributed by atoms with E-state index in [1.807, 2.05) is 19.1 Å². The SMILES string of the molecule is CCCCn1c(SCC(=O)N2C[C@@H](C(N)=O)Oc3ccccc32)nc(C)c1C. The maximum absolute atomic E-state index is 13.0. The minimum atomic E-state index is -0.847. The molecule has 8 heteroatoms. The number of carbonyl (C=O) groups excluding carboxylic acids is 2. The molecule has 0 bridgehead atoms. The lowest BCUT2D eigenvalue weighted by molar-refractivity contribution is -0.125. The van der Waals surface area contributed by atoms with Crippen molar-refractivity contribution in [2.45, 2.75) is 51.4 Å². The van der Waals surface area contributed by atoms with Gasteiger partial charge in [-0.15, -0.1) is 0 Å². The first-order chi connectivity index (χ1) is 13.4. The number of rotatable bonds is 7. The molecule has 0 fully saturated rings. The van der Waals surface area contributed by atoms with Crippen LogP contribution in [-0.4, -0.2) is 39.8 Å². The van der Waals surface area contributed by atoms with E-state index in [0.29, 0.717) is 11.4 Å². The summed E-state index contributed by atoms with van der Waals surface area (Å²) >= 11 is 1.42. The molecule has 3 rings (SSSR count). The van der Waals surface area contributed by atoms with Crippen molar-refractivity contribution in [1.29, 1.82) is 0 Å². The standard InChI is InChI=1S/C20H26N4O3S/c1-4-5-10-23-14(3)13(2)22-20(23)28-12-18(25)24-11-17(19(21)26)27-16-9-7-6-8-15(16)24/h6-9,17H,4-5,10-12H2,1-3H3,(H2,21,26)/t17-/m0/s1. The zero-order valence-corrected chi connectivity index (χ0v) is 17.3. The molecule has 0 radical (unpaired) electrons. The zero-order chi connectivity index (χ0) is 20.3. The largest absolute Gasteiger partial charge is 0.477 e. The third kappa shape index (κ3) is 4.16. The molecule has 1 aliphatic heterocycles. The molecule has 0 aliphatic carbocycles. The predicted molar refractivity (Wildman–Crippen MR) is 110 cm³/mol. The van der Waals surface area contributed by atoms with Gasteiger partial charge in [0.25, 0.3) is 5.91 Å². The molecule has 2 aromatic rings. The number of hydrogen-bond acceptors (Lipinski definition) is 5. The Kier molecular flexibility index (Phi) is 6.28. The van der Waals surface area contributed by atoms with Crippen LogP contribution < -0.4 is 15.4 Å². The summed E-state index contributed by atoms with van der Waals surface area (Å²) in [5, 5.41) is 0.852. The molecule has 2 N–H and O–H groups in total. The van der Waals surface area contributed by atoms with Crippen LogP contribution >= 0.6 is 11.8 Å². The van der Waals surface area contributed by atoms with E-state index in [1.165, 1.54) is 11.8 Å². The summed E-state index contributed by atoms with van der Waals surface area (Å²) in [6, 6.07) is 7.19. The maximum atomic E-state index is 13.0. The molecule has 1 atom stereocenters. The van der Waals surface area contributed by atoms with Crippen molar-refractivity contribution in [1.82, 2.24) is 9.55 Å². The van der Waals surface area contributed by atoms with Gasteiger partial charge in [0, 0.05) is 12.2 Å². The fraction of sp³-hybridized carbons (Fsp3) is 0.450. The van der Waals surface area contributed by atoms with E-state index in [9.17, 15) is 9.59 Å². The first-order valence-corrected chi connectivity index (χ1v) is 10.4. The average molecular weight is 403 g/mol. The number of aryl methyl sites for hydroxylation is 1. The Morgan fingerprint density at radius 3 is 2.79 bits per heavy atom. The second-order valence-corrected chi connectivity index (χ2v) is 7.78. The summed E-state index contributed by atoms with van der Waals surface area (Å²) in [7, 11) is 0. The maximum Gasteiger partial charge on any atom is 0.260 e. The van der Waals surface area contributed by atoms with Gasteiger partial charge in [-0.05, 0) is 32.4 Å². The number of carbonyl (C=O) groups is 2. The van der Waals surface area contributed by atoms with E-state index >= 15 is 0 Å². The summed E-state index contributed by atoms with van der Waals surface area (Å²) in [6.07, 6.45) is 1.31. The van der Waals surface area contributed by atoms with Crippen molar-refractivity contribution in [3.8, 4) is 5.75 Å². The van der Waals surface area contributed by atoms with E-state index in [4.69, 9.17) is 10.5 Å². The molecule has 1 aliphatic rings. The highest BCUT2D eigenvalue weighted by Crippen LogP contribution is 2.34. The average Bonchev–Trinajstić information content (AvgIpc) is 2.96. The molecule has 2 amide bonds. The first-order valence-electron chi connectivity index (χ1n) is 9.44. The van der Waals surface area contributed by atoms with Gasteiger partial charge in [0.1, 0.15) is 5.75 Å². The summed E-state index contributed by atoms with van der Waals surface area (Å²) in [5.74, 6) is 0.0302. The Balaban J connectivity index is 1.76. The Hall–Kier alpha value is -2.48. The Morgan fingerprint density at radius 2 is 2.07 bits per heavy atom. The molecular weight excluding hydrogens is 376 g/mol. The highest BCUT2D eigenvalue weighted by atomic mass is 32.2. The van der Waals surface area contributed by atoms with Crippen molar-refractivity contribution in [2.24, 2.45) is 5.73 Å². The van der Waals surface area contributed by atoms with Gasteiger partial charge in [-0.2, -0.15) is 0 Å². The number of amides is 2. The van der Waals surface area contributed by atoms with Crippen molar-refractivity contribution in [3.63, 3.8) is 0 Å². The Morgan fingerprint density at radius 1 is 1.32 bits per heavy atom. The van der Waals surface area contributed by atoms with Crippen LogP contribution in [0, 0.1) is 13.8 Å². The van der Waals surface area contributed by atoms with Gasteiger partial charge in [0.15, 0.2) is 11.3 Å². The number of aromatic nitrogens is 2. The Bertz CT molecular complexity index is 880. The predicted octanol–water partition coefficient (Wildman–Crippen LogP) is 2.67. The summed E-state index contributed by atoms with van der Waals surface area (Å²) in [6.45, 7) is 7.21. The molecule has 0 spiro atoms. The van der Waals surface area contributed by atoms with Crippen LogP contribution in [0.25, 0.3) is 0 Å². The van der Waals surface area contributed by atoms with E-state index < -0.39 is 12.0 Å². The monoisotopic (exact) mass is 402 g/mol. The van der Waals surface area contributed by atoms with Gasteiger partial charge < -0.3 is 19.9 Å². The number of para-hydroxylation sites is 2. The molecule has 2 heterocycles. The van der Waals surface area contributed by atoms with Crippen LogP contribution in [0.2, 0.25) is 0 Å². The second kappa shape index (κ2) is 8.68. The molecular formula is C20H26N4O3S. The van der Waals surface area contributed by atoms with Gasteiger partial charge in [-0.25, -0.2) is 4.98 Å². The molecule has 7 nitrogen and oxygen atoms in total. The van der Waals surface area contributed by atoms with Gasteiger partial charge in [0.05, 0.1) is 23.7 Å². The second-order valence-electron chi connectivity index (χ2n) is 6.84. The normalized spacial score (nSPS) is 15.8. The smallest absolute Gasteiger partial charge is 0.260 e. The summed E-state index contributed by atoms with van der Waals surface area (Å²) < 4.78 is 7.80. The van der Waals surface area contributed by atoms with Crippen molar-refractivity contribution in [2.75, 3.05) is 17.2 Å². The lowest BCUT2D eigenvalue weighted by Gasteiger charge is -2.33. The lowest BCUT2D eigenvalue weighted by Crippen LogP contribution is -2.49. The van der Waals surface area contributed by atoms with Crippen LogP contribution in [0.4, 0.5) is 5.69 Å². The minimum Gasteiger partial charge on any atom is -0.477 e. The van der Waals surface area contributed by atoms with E-state index in [1.54, 1.807) is 17.0 Å². The van der Waals surface area contributed by atoms with Crippen LogP contribution in [0.1, 0.15) is 31.2 Å². The molecule has 0 unspecified atom stereocenters. The molecule has 1 aromatic heterocycles. The van der Waals surface area contributed by atoms with Crippen LogP contribution in [0.3, 0.4) is 0 Å². The number of thioether (sulfide) groups is 1. The number of hydrogen-bond donors (Lipinski definition) is 1. The van der Waals surface area contributed by atoms with E-state index in [2.05, 4.69) is 23.4 Å². The van der Waals surface area contributed by atoms with Crippen molar-refractivity contribution in [3.05, 3.63) is 35.7 Å². The lowest BCUT2D eigenvalue weighted by atomic mass is 10.2. The first kappa shape index (κ1) is 20.3. The number of anilines is 1. The van der Waals surface area contributed by atoms with Crippen molar-refractivity contribution < 1.29 is 14.3 Å². The third-order valence-corrected chi connectivity index (χ3v) is 5.84. The molecule has 0 saturated carbocycles. The number of benzene rings is 1. The van der Waals surface area contributed by atoms with E-state index in [0.717, 1.165) is 35.9 Å². The minimum absolute atomic E-state index is 0.104.